The molecule has 0 spiro atoms. The van der Waals surface area contributed by atoms with E-state index in [1.54, 1.807) is 0 Å². The molecule has 4 heteroatoms. The summed E-state index contributed by atoms with van der Waals surface area (Å²) in [6.45, 7) is 3.17. The molecular weight excluding hydrogens is 134 g/mol. The first-order valence-electron chi connectivity index (χ1n) is 2.17. The van der Waals surface area contributed by atoms with Crippen LogP contribution < -0.4 is 0 Å². The minimum absolute atomic E-state index is 0.673. The van der Waals surface area contributed by atoms with Crippen molar-refractivity contribution in [3.8, 4) is 0 Å². The van der Waals surface area contributed by atoms with Crippen LogP contribution in [0.15, 0.2) is 0 Å². The molecule has 1 rings (SSSR count). The molecule has 0 radical (unpaired) electrons. The van der Waals surface area contributed by atoms with E-state index in [-0.39, 0.29) is 0 Å². The Kier molecular flexibility index (Phi) is 1.54. The molecule has 0 saturated carbocycles. The summed E-state index contributed by atoms with van der Waals surface area (Å²) in [6.07, 6.45) is 0. The van der Waals surface area contributed by atoms with Crippen molar-refractivity contribution >= 4 is 18.3 Å². The predicted octanol–water partition coefficient (Wildman–Crippen LogP) is 1.40. The van der Waals surface area contributed by atoms with Gasteiger partial charge in [0, 0.05) is 0 Å². The average Bonchev–Trinajstić information content (AvgIpc) is 1.84. The molecule has 0 amide bonds. The third kappa shape index (κ3) is 1.54. The van der Waals surface area contributed by atoms with E-state index in [1.165, 1.54) is 0 Å². The van der Waals surface area contributed by atoms with Crippen LogP contribution in [0.4, 0.5) is 0 Å². The van der Waals surface area contributed by atoms with Gasteiger partial charge < -0.3 is 0 Å². The fraction of sp³-hybridized carbons (Fsp3) is 1.00. The predicted molar refractivity (Wildman–Crippen MR) is 32.0 cm³/mol. The maximum absolute atomic E-state index is 5.66. The molecule has 44 valence electrons. The summed E-state index contributed by atoms with van der Waals surface area (Å²) in [5, 5.41) is 0. The molecule has 0 aromatic carbocycles. The van der Waals surface area contributed by atoms with E-state index >= 15 is 0 Å². The molecule has 0 aromatic rings. The molecule has 1 aliphatic heterocycles. The van der Waals surface area contributed by atoms with Crippen molar-refractivity contribution in [1.29, 1.82) is 0 Å². The van der Waals surface area contributed by atoms with Crippen LogP contribution >= 0.6 is 18.3 Å². The van der Waals surface area contributed by atoms with E-state index in [0.717, 1.165) is 0 Å². The SMILES string of the molecule is C[PH]1(Cl)OCCO1. The zero-order valence-electron chi connectivity index (χ0n) is 4.11. The van der Waals surface area contributed by atoms with E-state index in [9.17, 15) is 0 Å². The Morgan fingerprint density at radius 2 is 1.86 bits per heavy atom. The number of halogens is 1. The normalized spacial score (nSPS) is 32.9. The Hall–Kier alpha value is 0.640. The maximum atomic E-state index is 5.66. The van der Waals surface area contributed by atoms with Gasteiger partial charge in [-0.2, -0.15) is 0 Å². The molecule has 0 N–H and O–H groups in total. The summed E-state index contributed by atoms with van der Waals surface area (Å²) in [5.41, 5.74) is 0. The molecule has 1 saturated heterocycles. The second kappa shape index (κ2) is 1.87. The first-order chi connectivity index (χ1) is 3.21. The monoisotopic (exact) mass is 142 g/mol. The summed E-state index contributed by atoms with van der Waals surface area (Å²) >= 11 is 5.66. The standard InChI is InChI=1S/C3H8ClO2P/c1-7(4)5-2-3-6-7/h7H,2-3H2,1H3. The summed E-state index contributed by atoms with van der Waals surface area (Å²) < 4.78 is 10.0. The van der Waals surface area contributed by atoms with Gasteiger partial charge in [0.1, 0.15) is 0 Å². The van der Waals surface area contributed by atoms with Crippen molar-refractivity contribution in [3.63, 3.8) is 0 Å². The first-order valence-corrected chi connectivity index (χ1v) is 5.50. The molecular formula is C3H8ClO2P. The molecule has 1 fully saturated rings. The Bertz CT molecular complexity index is 67.3. The van der Waals surface area contributed by atoms with E-state index in [0.29, 0.717) is 13.2 Å². The molecule has 2 nitrogen and oxygen atoms in total. The van der Waals surface area contributed by atoms with Gasteiger partial charge >= 0.3 is 47.2 Å². The summed E-state index contributed by atoms with van der Waals surface area (Å²) in [6, 6.07) is 0. The van der Waals surface area contributed by atoms with Crippen molar-refractivity contribution in [1.82, 2.24) is 0 Å². The Labute approximate surface area is 48.0 Å². The fourth-order valence-corrected chi connectivity index (χ4v) is 1.93. The van der Waals surface area contributed by atoms with Crippen LogP contribution in [0.5, 0.6) is 0 Å². The van der Waals surface area contributed by atoms with Gasteiger partial charge in [-0.25, -0.2) is 0 Å². The molecule has 0 aromatic heterocycles. The first kappa shape index (κ1) is 5.77. The van der Waals surface area contributed by atoms with Gasteiger partial charge in [-0.05, 0) is 0 Å². The van der Waals surface area contributed by atoms with Crippen LogP contribution in [0.25, 0.3) is 0 Å². The molecule has 0 unspecified atom stereocenters. The quantitative estimate of drug-likeness (QED) is 0.476. The number of rotatable bonds is 0. The number of hydrogen-bond acceptors (Lipinski definition) is 2. The van der Waals surface area contributed by atoms with Crippen LogP contribution in [0.2, 0.25) is 0 Å². The number of hydrogen-bond donors (Lipinski definition) is 0. The van der Waals surface area contributed by atoms with Crippen LogP contribution in [-0.2, 0) is 9.05 Å². The van der Waals surface area contributed by atoms with Gasteiger partial charge in [0.2, 0.25) is 0 Å². The summed E-state index contributed by atoms with van der Waals surface area (Å²) in [7, 11) is -2.07. The van der Waals surface area contributed by atoms with Crippen molar-refractivity contribution in [2.45, 2.75) is 0 Å². The van der Waals surface area contributed by atoms with Gasteiger partial charge in [-0.15, -0.1) is 0 Å². The Morgan fingerprint density at radius 1 is 1.43 bits per heavy atom. The molecule has 1 aliphatic rings. The van der Waals surface area contributed by atoms with Gasteiger partial charge in [-0.1, -0.05) is 0 Å². The summed E-state index contributed by atoms with van der Waals surface area (Å²) in [4.78, 5) is 0. The van der Waals surface area contributed by atoms with Crippen molar-refractivity contribution in [3.05, 3.63) is 0 Å². The van der Waals surface area contributed by atoms with E-state index in [1.807, 2.05) is 6.66 Å². The van der Waals surface area contributed by atoms with Gasteiger partial charge in [0.25, 0.3) is 0 Å². The molecule has 7 heavy (non-hydrogen) atoms. The van der Waals surface area contributed by atoms with Gasteiger partial charge in [0.15, 0.2) is 0 Å². The van der Waals surface area contributed by atoms with E-state index < -0.39 is 7.07 Å². The van der Waals surface area contributed by atoms with Gasteiger partial charge in [0.05, 0.1) is 0 Å². The average molecular weight is 143 g/mol. The minimum atomic E-state index is -2.07. The Balaban J connectivity index is 2.40. The Morgan fingerprint density at radius 3 is 2.00 bits per heavy atom. The fourth-order valence-electron chi connectivity index (χ4n) is 0.490. The van der Waals surface area contributed by atoms with Crippen molar-refractivity contribution < 1.29 is 9.05 Å². The van der Waals surface area contributed by atoms with E-state index in [2.05, 4.69) is 0 Å². The second-order valence-electron chi connectivity index (χ2n) is 1.53. The third-order valence-corrected chi connectivity index (χ3v) is 2.90. The topological polar surface area (TPSA) is 18.5 Å². The third-order valence-electron chi connectivity index (χ3n) is 0.803. The molecule has 0 aliphatic carbocycles. The summed E-state index contributed by atoms with van der Waals surface area (Å²) in [5.74, 6) is 0. The van der Waals surface area contributed by atoms with Crippen LogP contribution in [0.3, 0.4) is 0 Å². The van der Waals surface area contributed by atoms with Crippen LogP contribution in [0.1, 0.15) is 0 Å². The van der Waals surface area contributed by atoms with Gasteiger partial charge in [-0.3, -0.25) is 0 Å². The zero-order chi connectivity index (χ0) is 5.33. The molecule has 0 atom stereocenters. The van der Waals surface area contributed by atoms with Crippen molar-refractivity contribution in [2.24, 2.45) is 0 Å². The molecule has 1 heterocycles. The van der Waals surface area contributed by atoms with Crippen LogP contribution in [0, 0.1) is 0 Å². The van der Waals surface area contributed by atoms with Crippen LogP contribution in [-0.4, -0.2) is 19.9 Å². The van der Waals surface area contributed by atoms with Crippen molar-refractivity contribution in [2.75, 3.05) is 19.9 Å². The zero-order valence-corrected chi connectivity index (χ0v) is 5.86. The molecule has 0 bridgehead atoms. The second-order valence-corrected chi connectivity index (χ2v) is 5.84. The van der Waals surface area contributed by atoms with E-state index in [4.69, 9.17) is 20.3 Å².